The number of aromatic nitrogens is 1. The lowest BCUT2D eigenvalue weighted by Gasteiger charge is -2.45. The number of halogens is 1. The van der Waals surface area contributed by atoms with E-state index in [1.807, 2.05) is 32.0 Å². The molecule has 3 amide bonds. The topological polar surface area (TPSA) is 79.1 Å². The Morgan fingerprint density at radius 3 is 2.65 bits per heavy atom. The van der Waals surface area contributed by atoms with Crippen LogP contribution in [0.1, 0.15) is 44.9 Å². The Morgan fingerprint density at radius 1 is 1.14 bits per heavy atom. The second kappa shape index (κ2) is 9.97. The molecule has 2 aliphatic rings. The average molecular weight is 507 g/mol. The van der Waals surface area contributed by atoms with E-state index < -0.39 is 17.4 Å². The van der Waals surface area contributed by atoms with E-state index in [1.54, 1.807) is 18.2 Å². The van der Waals surface area contributed by atoms with Crippen molar-refractivity contribution in [2.24, 2.45) is 0 Å². The number of hydrogen-bond donors (Lipinski definition) is 0. The molecule has 0 N–H and O–H groups in total. The van der Waals surface area contributed by atoms with Gasteiger partial charge in [-0.3, -0.25) is 19.5 Å². The van der Waals surface area contributed by atoms with Gasteiger partial charge in [-0.2, -0.15) is 0 Å². The first-order valence-electron chi connectivity index (χ1n) is 12.6. The zero-order valence-electron chi connectivity index (χ0n) is 21.3. The van der Waals surface area contributed by atoms with Gasteiger partial charge in [-0.25, -0.2) is 9.18 Å². The smallest absolute Gasteiger partial charge is 0.332 e. The van der Waals surface area contributed by atoms with Crippen LogP contribution in [0.15, 0.2) is 65.4 Å². The quantitative estimate of drug-likeness (QED) is 0.420. The van der Waals surface area contributed by atoms with Gasteiger partial charge in [0.1, 0.15) is 29.1 Å². The third-order valence-corrected chi connectivity index (χ3v) is 7.10. The summed E-state index contributed by atoms with van der Waals surface area (Å²) in [7, 11) is 0. The van der Waals surface area contributed by atoms with E-state index in [0.717, 1.165) is 11.3 Å². The fourth-order valence-electron chi connectivity index (χ4n) is 5.46. The van der Waals surface area contributed by atoms with Crippen LogP contribution in [0.2, 0.25) is 0 Å². The van der Waals surface area contributed by atoms with Crippen LogP contribution in [0, 0.1) is 5.82 Å². The SMILES string of the molecule is CC(C)Oc1cccc(CN2CCC3(C[C@@H]2C)C(=O)N(Cc2ccon2)C(=O)N3c2cccc(F)c2)c1. The van der Waals surface area contributed by atoms with Gasteiger partial charge in [0, 0.05) is 30.9 Å². The Morgan fingerprint density at radius 2 is 1.95 bits per heavy atom. The van der Waals surface area contributed by atoms with Crippen LogP contribution >= 0.6 is 0 Å². The summed E-state index contributed by atoms with van der Waals surface area (Å²) in [4.78, 5) is 32.6. The fourth-order valence-corrected chi connectivity index (χ4v) is 5.46. The Hall–Kier alpha value is -3.72. The van der Waals surface area contributed by atoms with Gasteiger partial charge in [-0.05, 0) is 69.5 Å². The lowest BCUT2D eigenvalue weighted by molar-refractivity contribution is -0.133. The minimum absolute atomic E-state index is 0.00245. The first kappa shape index (κ1) is 25.0. The molecule has 194 valence electrons. The van der Waals surface area contributed by atoms with Gasteiger partial charge in [0.2, 0.25) is 0 Å². The van der Waals surface area contributed by atoms with Crippen molar-refractivity contribution in [3.8, 4) is 5.75 Å². The summed E-state index contributed by atoms with van der Waals surface area (Å²) < 4.78 is 25.0. The molecule has 0 bridgehead atoms. The van der Waals surface area contributed by atoms with E-state index in [4.69, 9.17) is 9.26 Å². The Labute approximate surface area is 215 Å². The highest BCUT2D eigenvalue weighted by atomic mass is 19.1. The van der Waals surface area contributed by atoms with E-state index in [0.29, 0.717) is 37.3 Å². The lowest BCUT2D eigenvalue weighted by Crippen LogP contribution is -2.59. The Balaban J connectivity index is 1.42. The molecule has 3 heterocycles. The number of urea groups is 1. The predicted molar refractivity (Wildman–Crippen MR) is 135 cm³/mol. The van der Waals surface area contributed by atoms with Crippen LogP contribution in [0.25, 0.3) is 0 Å². The summed E-state index contributed by atoms with van der Waals surface area (Å²) in [6.07, 6.45) is 2.34. The number of anilines is 1. The van der Waals surface area contributed by atoms with Crippen molar-refractivity contribution < 1.29 is 23.2 Å². The van der Waals surface area contributed by atoms with Crippen molar-refractivity contribution in [1.29, 1.82) is 0 Å². The van der Waals surface area contributed by atoms with Crippen molar-refractivity contribution in [3.05, 3.63) is 77.9 Å². The van der Waals surface area contributed by atoms with Crippen molar-refractivity contribution in [2.45, 2.75) is 64.4 Å². The molecule has 1 spiro atoms. The third-order valence-electron chi connectivity index (χ3n) is 7.10. The van der Waals surface area contributed by atoms with Crippen LogP contribution in [-0.4, -0.2) is 51.1 Å². The molecule has 2 saturated heterocycles. The van der Waals surface area contributed by atoms with Crippen LogP contribution < -0.4 is 9.64 Å². The van der Waals surface area contributed by atoms with E-state index >= 15 is 0 Å². The molecule has 2 fully saturated rings. The molecule has 2 atom stereocenters. The standard InChI is InChI=1S/C28H31FN4O4/c1-19(2)37-25-9-4-6-21(14-25)17-31-12-11-28(16-20(31)3)26(34)32(18-23-10-13-36-30-23)27(35)33(28)24-8-5-7-22(29)15-24/h4-10,13-15,19-20H,11-12,16-18H2,1-3H3/t20-,28?/m0/s1. The molecule has 37 heavy (non-hydrogen) atoms. The van der Waals surface area contributed by atoms with Crippen LogP contribution in [0.4, 0.5) is 14.9 Å². The summed E-state index contributed by atoms with van der Waals surface area (Å²) in [5.74, 6) is 0.0754. The second-order valence-corrected chi connectivity index (χ2v) is 10.1. The predicted octanol–water partition coefficient (Wildman–Crippen LogP) is 4.99. The second-order valence-electron chi connectivity index (χ2n) is 10.1. The zero-order valence-corrected chi connectivity index (χ0v) is 21.3. The fraction of sp³-hybridized carbons (Fsp3) is 0.393. The minimum atomic E-state index is -1.10. The molecule has 2 aromatic carbocycles. The number of rotatable bonds is 7. The van der Waals surface area contributed by atoms with Crippen molar-refractivity contribution in [1.82, 2.24) is 15.0 Å². The van der Waals surface area contributed by atoms with E-state index in [2.05, 4.69) is 23.0 Å². The van der Waals surface area contributed by atoms with Gasteiger partial charge >= 0.3 is 6.03 Å². The molecular formula is C28H31FN4O4. The van der Waals surface area contributed by atoms with Crippen molar-refractivity contribution >= 4 is 17.6 Å². The molecule has 0 radical (unpaired) electrons. The summed E-state index contributed by atoms with van der Waals surface area (Å²) >= 11 is 0. The zero-order chi connectivity index (χ0) is 26.2. The molecule has 8 nitrogen and oxygen atoms in total. The van der Waals surface area contributed by atoms with Crippen molar-refractivity contribution in [3.63, 3.8) is 0 Å². The Kier molecular flexibility index (Phi) is 6.72. The van der Waals surface area contributed by atoms with Crippen LogP contribution in [0.3, 0.4) is 0 Å². The van der Waals surface area contributed by atoms with Gasteiger partial charge in [-0.15, -0.1) is 0 Å². The molecule has 9 heteroatoms. The number of amides is 3. The normalized spacial score (nSPS) is 22.5. The van der Waals surface area contributed by atoms with Gasteiger partial charge in [-0.1, -0.05) is 23.4 Å². The molecule has 1 unspecified atom stereocenters. The summed E-state index contributed by atoms with van der Waals surface area (Å²) in [5.41, 5.74) is 0.865. The molecular weight excluding hydrogens is 475 g/mol. The summed E-state index contributed by atoms with van der Waals surface area (Å²) in [6.45, 7) is 7.35. The third kappa shape index (κ3) is 4.83. The van der Waals surface area contributed by atoms with Gasteiger partial charge < -0.3 is 9.26 Å². The number of carbonyl (C=O) groups excluding carboxylic acids is 2. The number of likely N-dealkylation sites (tertiary alicyclic amines) is 1. The first-order valence-corrected chi connectivity index (χ1v) is 12.6. The highest BCUT2D eigenvalue weighted by Crippen LogP contribution is 2.43. The Bertz CT molecular complexity index is 1280. The number of imide groups is 1. The average Bonchev–Trinajstić information content (AvgIpc) is 3.43. The maximum atomic E-state index is 14.2. The highest BCUT2D eigenvalue weighted by molar-refractivity contribution is 6.16. The number of carbonyl (C=O) groups is 2. The maximum absolute atomic E-state index is 14.2. The van der Waals surface area contributed by atoms with E-state index in [-0.39, 0.29) is 24.6 Å². The van der Waals surface area contributed by atoms with Crippen molar-refractivity contribution in [2.75, 3.05) is 11.4 Å². The van der Waals surface area contributed by atoms with Gasteiger partial charge in [0.25, 0.3) is 5.91 Å². The summed E-state index contributed by atoms with van der Waals surface area (Å²) in [5, 5.41) is 3.87. The highest BCUT2D eigenvalue weighted by Gasteiger charge is 2.59. The van der Waals surface area contributed by atoms with E-state index in [9.17, 15) is 14.0 Å². The maximum Gasteiger partial charge on any atom is 0.332 e. The molecule has 2 aliphatic heterocycles. The largest absolute Gasteiger partial charge is 0.491 e. The van der Waals surface area contributed by atoms with Gasteiger partial charge in [0.15, 0.2) is 0 Å². The van der Waals surface area contributed by atoms with Crippen LogP contribution in [-0.2, 0) is 17.9 Å². The number of nitrogens with zero attached hydrogens (tertiary/aromatic N) is 4. The number of ether oxygens (including phenoxy) is 1. The molecule has 0 saturated carbocycles. The monoisotopic (exact) mass is 506 g/mol. The number of benzene rings is 2. The van der Waals surface area contributed by atoms with Gasteiger partial charge in [0.05, 0.1) is 12.6 Å². The number of hydrogen-bond acceptors (Lipinski definition) is 6. The molecule has 3 aromatic rings. The lowest BCUT2D eigenvalue weighted by atomic mass is 9.81. The number of piperidine rings is 1. The van der Waals surface area contributed by atoms with Crippen LogP contribution in [0.5, 0.6) is 5.75 Å². The molecule has 1 aromatic heterocycles. The first-order chi connectivity index (χ1) is 17.8. The van der Waals surface area contributed by atoms with E-state index in [1.165, 1.54) is 28.2 Å². The molecule has 5 rings (SSSR count). The summed E-state index contributed by atoms with van der Waals surface area (Å²) in [6, 6.07) is 15.0. The minimum Gasteiger partial charge on any atom is -0.491 e. The molecule has 0 aliphatic carbocycles.